The topological polar surface area (TPSA) is 55.6 Å². The number of nitrogens with two attached hydrogens (primary N) is 1. The zero-order valence-electron chi connectivity index (χ0n) is 13.4. The van der Waals surface area contributed by atoms with E-state index in [1.807, 2.05) is 6.92 Å². The van der Waals surface area contributed by atoms with Crippen LogP contribution in [-0.2, 0) is 9.53 Å². The minimum absolute atomic E-state index is 0.182. The zero-order valence-corrected chi connectivity index (χ0v) is 13.4. The largest absolute Gasteiger partial charge is 0.465 e. The molecule has 0 spiro atoms. The fraction of sp³-hybridized carbons (Fsp3) is 0.941. The number of rotatable bonds is 5. The highest BCUT2D eigenvalue weighted by atomic mass is 16.5. The highest BCUT2D eigenvalue weighted by molar-refractivity contribution is 5.82. The third-order valence-corrected chi connectivity index (χ3v) is 5.82. The van der Waals surface area contributed by atoms with Gasteiger partial charge in [-0.1, -0.05) is 19.3 Å². The second-order valence-electron chi connectivity index (χ2n) is 7.36. The lowest BCUT2D eigenvalue weighted by Gasteiger charge is -2.43. The van der Waals surface area contributed by atoms with Crippen LogP contribution in [0.25, 0.3) is 0 Å². The van der Waals surface area contributed by atoms with Crippen LogP contribution >= 0.6 is 0 Å². The van der Waals surface area contributed by atoms with Gasteiger partial charge in [-0.3, -0.25) is 0 Å². The molecule has 3 unspecified atom stereocenters. The zero-order chi connectivity index (χ0) is 14.9. The van der Waals surface area contributed by atoms with Crippen LogP contribution in [0.1, 0.15) is 51.9 Å². The molecule has 3 fully saturated rings. The van der Waals surface area contributed by atoms with E-state index in [1.165, 1.54) is 32.1 Å². The van der Waals surface area contributed by atoms with E-state index in [1.54, 1.807) is 0 Å². The summed E-state index contributed by atoms with van der Waals surface area (Å²) in [7, 11) is 0. The van der Waals surface area contributed by atoms with Crippen molar-refractivity contribution in [3.63, 3.8) is 0 Å². The molecule has 1 heterocycles. The van der Waals surface area contributed by atoms with Gasteiger partial charge in [0.2, 0.25) is 0 Å². The molecule has 3 atom stereocenters. The molecule has 0 radical (unpaired) electrons. The van der Waals surface area contributed by atoms with Gasteiger partial charge in [-0.2, -0.15) is 0 Å². The first-order valence-corrected chi connectivity index (χ1v) is 8.82. The second kappa shape index (κ2) is 6.25. The number of likely N-dealkylation sites (tertiary alicyclic amines) is 1. The van der Waals surface area contributed by atoms with Crippen molar-refractivity contribution in [1.82, 2.24) is 4.90 Å². The van der Waals surface area contributed by atoms with Crippen molar-refractivity contribution in [2.24, 2.45) is 23.5 Å². The summed E-state index contributed by atoms with van der Waals surface area (Å²) in [6, 6.07) is 0. The third-order valence-electron chi connectivity index (χ3n) is 5.82. The van der Waals surface area contributed by atoms with Gasteiger partial charge in [-0.25, -0.2) is 4.79 Å². The van der Waals surface area contributed by atoms with Gasteiger partial charge in [0, 0.05) is 13.1 Å². The maximum absolute atomic E-state index is 12.3. The minimum atomic E-state index is -0.766. The van der Waals surface area contributed by atoms with E-state index in [2.05, 4.69) is 4.90 Å². The van der Waals surface area contributed by atoms with Gasteiger partial charge in [0.15, 0.2) is 0 Å². The lowest BCUT2D eigenvalue weighted by molar-refractivity contribution is -0.151. The average Bonchev–Trinajstić information content (AvgIpc) is 3.32. The van der Waals surface area contributed by atoms with Crippen LogP contribution < -0.4 is 5.73 Å². The summed E-state index contributed by atoms with van der Waals surface area (Å²) in [5, 5.41) is 0. The molecule has 2 aliphatic carbocycles. The van der Waals surface area contributed by atoms with Gasteiger partial charge in [-0.05, 0) is 56.9 Å². The Balaban J connectivity index is 1.62. The number of esters is 1. The Bertz CT molecular complexity index is 383. The Morgan fingerprint density at radius 1 is 1.19 bits per heavy atom. The molecule has 120 valence electrons. The fourth-order valence-corrected chi connectivity index (χ4v) is 4.41. The lowest BCUT2D eigenvalue weighted by Crippen LogP contribution is -2.60. The van der Waals surface area contributed by atoms with Crippen LogP contribution in [0.2, 0.25) is 0 Å². The molecule has 0 bridgehead atoms. The van der Waals surface area contributed by atoms with Gasteiger partial charge in [-0.15, -0.1) is 0 Å². The van der Waals surface area contributed by atoms with Crippen LogP contribution in [0.3, 0.4) is 0 Å². The van der Waals surface area contributed by atoms with E-state index >= 15 is 0 Å². The third kappa shape index (κ3) is 3.26. The number of hydrogen-bond donors (Lipinski definition) is 1. The fourth-order valence-electron chi connectivity index (χ4n) is 4.41. The number of ether oxygens (including phenoxy) is 1. The van der Waals surface area contributed by atoms with E-state index in [4.69, 9.17) is 10.5 Å². The monoisotopic (exact) mass is 294 g/mol. The highest BCUT2D eigenvalue weighted by Crippen LogP contribution is 2.41. The van der Waals surface area contributed by atoms with Crippen molar-refractivity contribution >= 4 is 5.97 Å². The van der Waals surface area contributed by atoms with E-state index in [0.29, 0.717) is 19.1 Å². The van der Waals surface area contributed by atoms with Crippen molar-refractivity contribution in [2.75, 3.05) is 26.2 Å². The van der Waals surface area contributed by atoms with E-state index in [-0.39, 0.29) is 5.97 Å². The van der Waals surface area contributed by atoms with Gasteiger partial charge >= 0.3 is 5.97 Å². The number of piperidine rings is 1. The molecule has 3 aliphatic rings. The summed E-state index contributed by atoms with van der Waals surface area (Å²) in [6.45, 7) is 5.22. The van der Waals surface area contributed by atoms with Gasteiger partial charge in [0.25, 0.3) is 0 Å². The van der Waals surface area contributed by atoms with E-state index in [9.17, 15) is 4.79 Å². The molecular weight excluding hydrogens is 264 g/mol. The summed E-state index contributed by atoms with van der Waals surface area (Å²) in [4.78, 5) is 14.8. The van der Waals surface area contributed by atoms with Crippen molar-refractivity contribution in [1.29, 1.82) is 0 Å². The lowest BCUT2D eigenvalue weighted by atomic mass is 9.75. The first-order valence-electron chi connectivity index (χ1n) is 8.82. The maximum atomic E-state index is 12.3. The van der Waals surface area contributed by atoms with Gasteiger partial charge < -0.3 is 15.4 Å². The van der Waals surface area contributed by atoms with Crippen molar-refractivity contribution in [3.05, 3.63) is 0 Å². The Morgan fingerprint density at radius 2 is 1.90 bits per heavy atom. The highest BCUT2D eigenvalue weighted by Gasteiger charge is 2.50. The summed E-state index contributed by atoms with van der Waals surface area (Å²) in [6.07, 6.45) is 9.00. The summed E-state index contributed by atoms with van der Waals surface area (Å²) in [5.41, 5.74) is 5.75. The maximum Gasteiger partial charge on any atom is 0.327 e. The molecule has 4 nitrogen and oxygen atoms in total. The molecule has 4 heteroatoms. The van der Waals surface area contributed by atoms with E-state index < -0.39 is 5.54 Å². The molecular formula is C17H30N2O2. The molecule has 21 heavy (non-hydrogen) atoms. The van der Waals surface area contributed by atoms with Gasteiger partial charge in [0.05, 0.1) is 6.61 Å². The number of fused-ring (bicyclic) bond motifs is 1. The van der Waals surface area contributed by atoms with Crippen molar-refractivity contribution in [2.45, 2.75) is 57.4 Å². The minimum Gasteiger partial charge on any atom is -0.465 e. The van der Waals surface area contributed by atoms with Crippen molar-refractivity contribution < 1.29 is 9.53 Å². The molecule has 0 aromatic carbocycles. The molecule has 0 amide bonds. The number of carbonyl (C=O) groups excluding carboxylic acids is 1. The Morgan fingerprint density at radius 3 is 2.57 bits per heavy atom. The molecule has 0 aromatic rings. The number of hydrogen-bond acceptors (Lipinski definition) is 4. The van der Waals surface area contributed by atoms with Crippen LogP contribution in [-0.4, -0.2) is 42.6 Å². The Kier molecular flexibility index (Phi) is 4.55. The predicted molar refractivity (Wildman–Crippen MR) is 82.8 cm³/mol. The average molecular weight is 294 g/mol. The van der Waals surface area contributed by atoms with E-state index in [0.717, 1.165) is 37.8 Å². The van der Waals surface area contributed by atoms with Crippen molar-refractivity contribution in [3.8, 4) is 0 Å². The quantitative estimate of drug-likeness (QED) is 0.790. The van der Waals surface area contributed by atoms with Gasteiger partial charge in [0.1, 0.15) is 5.54 Å². The number of nitrogens with zero attached hydrogens (tertiary/aromatic N) is 1. The Labute approximate surface area is 128 Å². The first kappa shape index (κ1) is 15.3. The summed E-state index contributed by atoms with van der Waals surface area (Å²) in [5.74, 6) is 1.91. The normalized spacial score (nSPS) is 33.0. The smallest absolute Gasteiger partial charge is 0.327 e. The van der Waals surface area contributed by atoms with Crippen LogP contribution in [0, 0.1) is 17.8 Å². The SMILES string of the molecule is CCOC(=O)C(N)(CN1CCC2CCCCC2C1)C1CC1. The van der Waals surface area contributed by atoms with Crippen LogP contribution in [0.4, 0.5) is 0 Å². The Hall–Kier alpha value is -0.610. The standard InChI is InChI=1S/C17H30N2O2/c1-2-21-16(20)17(18,15-7-8-15)12-19-10-9-13-5-3-4-6-14(13)11-19/h13-15H,2-12,18H2,1H3. The summed E-state index contributed by atoms with van der Waals surface area (Å²) >= 11 is 0. The molecule has 3 rings (SSSR count). The molecule has 0 aromatic heterocycles. The molecule has 1 aliphatic heterocycles. The number of carbonyl (C=O) groups is 1. The first-order chi connectivity index (χ1) is 10.1. The summed E-state index contributed by atoms with van der Waals surface area (Å²) < 4.78 is 5.27. The van der Waals surface area contributed by atoms with Crippen LogP contribution in [0.5, 0.6) is 0 Å². The van der Waals surface area contributed by atoms with Crippen LogP contribution in [0.15, 0.2) is 0 Å². The molecule has 2 N–H and O–H groups in total. The molecule has 1 saturated heterocycles. The molecule has 2 saturated carbocycles. The second-order valence-corrected chi connectivity index (χ2v) is 7.36. The predicted octanol–water partition coefficient (Wildman–Crippen LogP) is 2.17.